The van der Waals surface area contributed by atoms with Crippen molar-refractivity contribution in [2.24, 2.45) is 5.73 Å². The molecule has 0 aliphatic heterocycles. The first kappa shape index (κ1) is 44.0. The highest BCUT2D eigenvalue weighted by Crippen LogP contribution is 2.43. The van der Waals surface area contributed by atoms with Crippen molar-refractivity contribution in [1.82, 2.24) is 0 Å². The van der Waals surface area contributed by atoms with Crippen LogP contribution >= 0.6 is 7.82 Å². The van der Waals surface area contributed by atoms with Crippen LogP contribution in [0.25, 0.3) is 0 Å². The third-order valence-corrected chi connectivity index (χ3v) is 8.96. The molecule has 0 spiro atoms. The van der Waals surface area contributed by atoms with Crippen LogP contribution in [0, 0.1) is 0 Å². The van der Waals surface area contributed by atoms with E-state index in [9.17, 15) is 19.0 Å². The van der Waals surface area contributed by atoms with E-state index in [-0.39, 0.29) is 25.6 Å². The molecule has 0 heterocycles. The van der Waals surface area contributed by atoms with Crippen molar-refractivity contribution in [3.63, 3.8) is 0 Å². The van der Waals surface area contributed by atoms with E-state index in [1.807, 2.05) is 0 Å². The minimum absolute atomic E-state index is 0.0262. The molecule has 268 valence electrons. The van der Waals surface area contributed by atoms with Crippen LogP contribution in [0.3, 0.4) is 0 Å². The van der Waals surface area contributed by atoms with Gasteiger partial charge in [0.2, 0.25) is 0 Å². The number of carbonyl (C=O) groups excluding carboxylic acids is 2. The molecule has 0 amide bonds. The monoisotopic (exact) mass is 663 g/mol. The van der Waals surface area contributed by atoms with Gasteiger partial charge in [-0.15, -0.1) is 0 Å². The fraction of sp³-hybridized carbons (Fsp3) is 0.943. The fourth-order valence-electron chi connectivity index (χ4n) is 5.14. The number of carbonyl (C=O) groups is 2. The van der Waals surface area contributed by atoms with Crippen LogP contribution < -0.4 is 5.73 Å². The van der Waals surface area contributed by atoms with Crippen molar-refractivity contribution in [3.05, 3.63) is 0 Å². The molecule has 0 fully saturated rings. The lowest BCUT2D eigenvalue weighted by Gasteiger charge is -2.20. The maximum Gasteiger partial charge on any atom is 0.472 e. The summed E-state index contributed by atoms with van der Waals surface area (Å²) in [5.41, 5.74) is 5.40. The average molecular weight is 664 g/mol. The SMILES string of the molecule is CCCCCCCCCCCCCCC(=O)OC[C@@H](COP(=O)(O)OCCCN)OC(=O)CCCCCCCCCCCCC. The maximum atomic E-state index is 12.5. The highest BCUT2D eigenvalue weighted by atomic mass is 31.2. The van der Waals surface area contributed by atoms with Gasteiger partial charge >= 0.3 is 19.8 Å². The van der Waals surface area contributed by atoms with Gasteiger partial charge in [0, 0.05) is 12.8 Å². The number of ether oxygens (including phenoxy) is 2. The number of phosphoric ester groups is 1. The summed E-state index contributed by atoms with van der Waals surface area (Å²) in [6.45, 7) is 4.12. The van der Waals surface area contributed by atoms with Crippen LogP contribution in [0.2, 0.25) is 0 Å². The lowest BCUT2D eigenvalue weighted by atomic mass is 10.0. The first-order valence-electron chi connectivity index (χ1n) is 18.5. The molecule has 0 aromatic carbocycles. The van der Waals surface area contributed by atoms with E-state index in [4.69, 9.17) is 24.3 Å². The van der Waals surface area contributed by atoms with E-state index in [0.717, 1.165) is 32.1 Å². The van der Waals surface area contributed by atoms with Crippen molar-refractivity contribution < 1.29 is 37.6 Å². The first-order valence-corrected chi connectivity index (χ1v) is 20.0. The van der Waals surface area contributed by atoms with Gasteiger partial charge in [-0.1, -0.05) is 149 Å². The predicted molar refractivity (Wildman–Crippen MR) is 183 cm³/mol. The van der Waals surface area contributed by atoms with Crippen molar-refractivity contribution >= 4 is 19.8 Å². The minimum atomic E-state index is -4.34. The van der Waals surface area contributed by atoms with E-state index in [1.165, 1.54) is 109 Å². The molecule has 0 saturated carbocycles. The summed E-state index contributed by atoms with van der Waals surface area (Å²) in [6, 6.07) is 0. The van der Waals surface area contributed by atoms with Gasteiger partial charge < -0.3 is 20.1 Å². The van der Waals surface area contributed by atoms with Gasteiger partial charge in [0.15, 0.2) is 6.10 Å². The number of esters is 2. The van der Waals surface area contributed by atoms with Gasteiger partial charge in [-0.25, -0.2) is 4.57 Å². The third kappa shape index (κ3) is 32.7. The zero-order valence-electron chi connectivity index (χ0n) is 29.1. The number of hydrogen-bond acceptors (Lipinski definition) is 8. The Balaban J connectivity index is 4.29. The molecule has 0 saturated heterocycles. The molecule has 2 atom stereocenters. The third-order valence-electron chi connectivity index (χ3n) is 7.97. The first-order chi connectivity index (χ1) is 21.8. The molecule has 0 aromatic rings. The Kier molecular flexibility index (Phi) is 32.2. The van der Waals surface area contributed by atoms with Crippen LogP contribution in [0.1, 0.15) is 181 Å². The molecule has 0 bridgehead atoms. The van der Waals surface area contributed by atoms with Crippen molar-refractivity contribution in [2.45, 2.75) is 187 Å². The maximum absolute atomic E-state index is 12.5. The van der Waals surface area contributed by atoms with Gasteiger partial charge in [0.1, 0.15) is 6.61 Å². The zero-order chi connectivity index (χ0) is 33.3. The summed E-state index contributed by atoms with van der Waals surface area (Å²) in [7, 11) is -4.34. The summed E-state index contributed by atoms with van der Waals surface area (Å²) >= 11 is 0. The smallest absolute Gasteiger partial charge is 0.462 e. The van der Waals surface area contributed by atoms with Crippen LogP contribution in [0.5, 0.6) is 0 Å². The van der Waals surface area contributed by atoms with E-state index >= 15 is 0 Å². The molecule has 0 aromatic heterocycles. The molecular formula is C35H70NO8P. The predicted octanol–water partition coefficient (Wildman–Crippen LogP) is 9.72. The zero-order valence-corrected chi connectivity index (χ0v) is 30.0. The largest absolute Gasteiger partial charge is 0.472 e. The Labute approximate surface area is 276 Å². The van der Waals surface area contributed by atoms with E-state index < -0.39 is 26.5 Å². The topological polar surface area (TPSA) is 134 Å². The van der Waals surface area contributed by atoms with Crippen molar-refractivity contribution in [3.8, 4) is 0 Å². The van der Waals surface area contributed by atoms with Gasteiger partial charge in [0.05, 0.1) is 13.2 Å². The minimum Gasteiger partial charge on any atom is -0.462 e. The number of phosphoric acid groups is 1. The Bertz CT molecular complexity index is 724. The molecule has 0 aliphatic rings. The van der Waals surface area contributed by atoms with Gasteiger partial charge in [-0.3, -0.25) is 18.6 Å². The lowest BCUT2D eigenvalue weighted by molar-refractivity contribution is -0.161. The molecule has 3 N–H and O–H groups in total. The second-order valence-electron chi connectivity index (χ2n) is 12.5. The summed E-state index contributed by atoms with van der Waals surface area (Å²) in [5.74, 6) is -0.812. The molecule has 9 nitrogen and oxygen atoms in total. The number of unbranched alkanes of at least 4 members (excludes halogenated alkanes) is 21. The summed E-state index contributed by atoms with van der Waals surface area (Å²) < 4.78 is 32.9. The van der Waals surface area contributed by atoms with Crippen LogP contribution in [-0.4, -0.2) is 49.3 Å². The molecule has 0 aliphatic carbocycles. The molecule has 10 heteroatoms. The highest BCUT2D eigenvalue weighted by Gasteiger charge is 2.26. The molecule has 0 rings (SSSR count). The second kappa shape index (κ2) is 32.9. The molecular weight excluding hydrogens is 593 g/mol. The summed E-state index contributed by atoms with van der Waals surface area (Å²) in [5, 5.41) is 0. The second-order valence-corrected chi connectivity index (χ2v) is 13.9. The summed E-state index contributed by atoms with van der Waals surface area (Å²) in [4.78, 5) is 34.7. The van der Waals surface area contributed by atoms with Gasteiger partial charge in [0.25, 0.3) is 0 Å². The van der Waals surface area contributed by atoms with E-state index in [1.54, 1.807) is 0 Å². The Morgan fingerprint density at radius 3 is 1.40 bits per heavy atom. The van der Waals surface area contributed by atoms with Crippen LogP contribution in [0.15, 0.2) is 0 Å². The van der Waals surface area contributed by atoms with Crippen LogP contribution in [-0.2, 0) is 32.7 Å². The Morgan fingerprint density at radius 1 is 0.578 bits per heavy atom. The van der Waals surface area contributed by atoms with Crippen molar-refractivity contribution in [2.75, 3.05) is 26.4 Å². The van der Waals surface area contributed by atoms with Crippen LogP contribution in [0.4, 0.5) is 0 Å². The van der Waals surface area contributed by atoms with E-state index in [2.05, 4.69) is 13.8 Å². The fourth-order valence-corrected chi connectivity index (χ4v) is 5.93. The van der Waals surface area contributed by atoms with E-state index in [0.29, 0.717) is 25.8 Å². The molecule has 0 radical (unpaired) electrons. The highest BCUT2D eigenvalue weighted by molar-refractivity contribution is 7.47. The molecule has 1 unspecified atom stereocenters. The number of nitrogens with two attached hydrogens (primary N) is 1. The number of rotatable bonds is 35. The van der Waals surface area contributed by atoms with Gasteiger partial charge in [-0.2, -0.15) is 0 Å². The number of hydrogen-bond donors (Lipinski definition) is 2. The summed E-state index contributed by atoms with van der Waals surface area (Å²) in [6.07, 6.45) is 27.4. The van der Waals surface area contributed by atoms with Crippen molar-refractivity contribution in [1.29, 1.82) is 0 Å². The average Bonchev–Trinajstić information content (AvgIpc) is 3.01. The standard InChI is InChI=1S/C35H70NO8P/c1-3-5-7-9-11-13-15-17-18-20-22-24-27-34(37)41-31-33(32-43-45(39,40)42-30-26-29-36)44-35(38)28-25-23-21-19-16-14-12-10-8-6-4-2/h33H,3-32,36H2,1-2H3,(H,39,40)/t33-/m0/s1. The lowest BCUT2D eigenvalue weighted by Crippen LogP contribution is -2.29. The molecule has 45 heavy (non-hydrogen) atoms. The normalized spacial score (nSPS) is 13.4. The quantitative estimate of drug-likeness (QED) is 0.0386. The Morgan fingerprint density at radius 2 is 0.978 bits per heavy atom. The Hall–Kier alpha value is -0.990. The van der Waals surface area contributed by atoms with Gasteiger partial charge in [-0.05, 0) is 25.8 Å².